The van der Waals surface area contributed by atoms with Crippen molar-refractivity contribution in [3.05, 3.63) is 29.3 Å². The average molecular weight is 257 g/mol. The van der Waals surface area contributed by atoms with E-state index in [1.54, 1.807) is 0 Å². The van der Waals surface area contributed by atoms with Crippen LogP contribution in [0, 0.1) is 11.3 Å². The summed E-state index contributed by atoms with van der Waals surface area (Å²) in [7, 11) is -0.395. The molecule has 0 N–H and O–H groups in total. The summed E-state index contributed by atoms with van der Waals surface area (Å²) < 4.78 is 12.1. The highest BCUT2D eigenvalue weighted by atomic mass is 16.7. The molecule has 1 aliphatic rings. The van der Waals surface area contributed by atoms with Crippen LogP contribution < -0.4 is 5.46 Å². The van der Waals surface area contributed by atoms with Gasteiger partial charge in [-0.05, 0) is 57.3 Å². The summed E-state index contributed by atoms with van der Waals surface area (Å²) in [5.41, 5.74) is 2.07. The zero-order valence-electron chi connectivity index (χ0n) is 12.3. The lowest BCUT2D eigenvalue weighted by molar-refractivity contribution is 0.00578. The van der Waals surface area contributed by atoms with E-state index in [0.29, 0.717) is 5.56 Å². The second-order valence-corrected chi connectivity index (χ2v) is 5.97. The molecule has 1 heterocycles. The quantitative estimate of drug-likeness (QED) is 0.764. The molecular weight excluding hydrogens is 237 g/mol. The van der Waals surface area contributed by atoms with Gasteiger partial charge in [-0.2, -0.15) is 5.26 Å². The van der Waals surface area contributed by atoms with Crippen LogP contribution in [0.15, 0.2) is 18.2 Å². The Morgan fingerprint density at radius 2 is 1.74 bits per heavy atom. The van der Waals surface area contributed by atoms with E-state index in [0.717, 1.165) is 17.4 Å². The molecule has 2 rings (SSSR count). The van der Waals surface area contributed by atoms with E-state index in [1.807, 2.05) is 45.9 Å². The van der Waals surface area contributed by atoms with E-state index in [1.165, 1.54) is 0 Å². The minimum atomic E-state index is -0.395. The minimum Gasteiger partial charge on any atom is -0.399 e. The van der Waals surface area contributed by atoms with E-state index in [4.69, 9.17) is 14.6 Å². The first-order chi connectivity index (χ1) is 8.80. The molecule has 0 spiro atoms. The molecule has 3 nitrogen and oxygen atoms in total. The maximum absolute atomic E-state index is 9.04. The number of aryl methyl sites for hydroxylation is 1. The van der Waals surface area contributed by atoms with Crippen LogP contribution in [0.3, 0.4) is 0 Å². The zero-order chi connectivity index (χ0) is 14.3. The second kappa shape index (κ2) is 4.66. The fraction of sp³-hybridized carbons (Fsp3) is 0.533. The van der Waals surface area contributed by atoms with Gasteiger partial charge < -0.3 is 9.31 Å². The third-order valence-electron chi connectivity index (χ3n) is 4.16. The Balaban J connectivity index is 2.41. The number of hydrogen-bond donors (Lipinski definition) is 0. The number of benzene rings is 1. The molecular formula is C15H20BNO2. The van der Waals surface area contributed by atoms with E-state index >= 15 is 0 Å². The summed E-state index contributed by atoms with van der Waals surface area (Å²) in [6.07, 6.45) is 0.894. The normalized spacial score (nSPS) is 20.3. The molecule has 0 saturated carbocycles. The molecule has 0 atom stereocenters. The Kier molecular flexibility index (Phi) is 3.46. The summed E-state index contributed by atoms with van der Waals surface area (Å²) in [6, 6.07) is 7.87. The Bertz CT molecular complexity index is 515. The van der Waals surface area contributed by atoms with Crippen molar-refractivity contribution >= 4 is 12.6 Å². The molecule has 19 heavy (non-hydrogen) atoms. The molecule has 0 amide bonds. The van der Waals surface area contributed by atoms with Gasteiger partial charge in [0.1, 0.15) is 0 Å². The molecule has 1 aromatic carbocycles. The van der Waals surface area contributed by atoms with Crippen molar-refractivity contribution in [3.8, 4) is 6.07 Å². The van der Waals surface area contributed by atoms with Crippen molar-refractivity contribution in [2.45, 2.75) is 52.2 Å². The molecule has 100 valence electrons. The fourth-order valence-electron chi connectivity index (χ4n) is 2.18. The molecule has 1 aromatic rings. The number of hydrogen-bond acceptors (Lipinski definition) is 3. The molecule has 0 unspecified atom stereocenters. The number of nitrogens with zero attached hydrogens (tertiary/aromatic N) is 1. The fourth-order valence-corrected chi connectivity index (χ4v) is 2.18. The van der Waals surface area contributed by atoms with Gasteiger partial charge >= 0.3 is 7.12 Å². The monoisotopic (exact) mass is 257 g/mol. The van der Waals surface area contributed by atoms with E-state index in [9.17, 15) is 0 Å². The van der Waals surface area contributed by atoms with Crippen molar-refractivity contribution < 1.29 is 9.31 Å². The largest absolute Gasteiger partial charge is 0.495 e. The minimum absolute atomic E-state index is 0.356. The zero-order valence-corrected chi connectivity index (χ0v) is 12.3. The Morgan fingerprint density at radius 1 is 1.16 bits per heavy atom. The highest BCUT2D eigenvalue weighted by molar-refractivity contribution is 6.62. The lowest BCUT2D eigenvalue weighted by atomic mass is 9.74. The van der Waals surface area contributed by atoms with E-state index in [2.05, 4.69) is 13.0 Å². The van der Waals surface area contributed by atoms with Crippen LogP contribution in [0.2, 0.25) is 0 Å². The molecule has 0 aromatic heterocycles. The van der Waals surface area contributed by atoms with Crippen LogP contribution in [0.25, 0.3) is 0 Å². The Hall–Kier alpha value is -1.31. The van der Waals surface area contributed by atoms with Crippen molar-refractivity contribution in [1.29, 1.82) is 5.26 Å². The number of rotatable bonds is 2. The average Bonchev–Trinajstić information content (AvgIpc) is 2.57. The van der Waals surface area contributed by atoms with Crippen molar-refractivity contribution in [1.82, 2.24) is 0 Å². The van der Waals surface area contributed by atoms with Gasteiger partial charge in [0, 0.05) is 0 Å². The third-order valence-corrected chi connectivity index (χ3v) is 4.16. The summed E-state index contributed by atoms with van der Waals surface area (Å²) in [6.45, 7) is 10.2. The molecule has 0 aliphatic carbocycles. The predicted octanol–water partition coefficient (Wildman–Crippen LogP) is 2.42. The van der Waals surface area contributed by atoms with Gasteiger partial charge in [-0.1, -0.05) is 13.0 Å². The molecule has 1 aliphatic heterocycles. The Morgan fingerprint density at radius 3 is 2.21 bits per heavy atom. The van der Waals surface area contributed by atoms with Gasteiger partial charge in [0.25, 0.3) is 0 Å². The first-order valence-electron chi connectivity index (χ1n) is 6.69. The highest BCUT2D eigenvalue weighted by Gasteiger charge is 2.52. The molecule has 1 fully saturated rings. The van der Waals surface area contributed by atoms with Gasteiger partial charge in [-0.25, -0.2) is 0 Å². The van der Waals surface area contributed by atoms with Gasteiger partial charge in [-0.3, -0.25) is 0 Å². The SMILES string of the molecule is CCc1ccc(C#N)cc1B1OC(C)(C)C(C)(C)O1. The molecule has 0 bridgehead atoms. The summed E-state index contributed by atoms with van der Waals surface area (Å²) in [5, 5.41) is 9.04. The van der Waals surface area contributed by atoms with Crippen LogP contribution in [-0.4, -0.2) is 18.3 Å². The van der Waals surface area contributed by atoms with Gasteiger partial charge in [0.15, 0.2) is 0 Å². The third kappa shape index (κ3) is 2.41. The summed E-state index contributed by atoms with van der Waals surface area (Å²) in [5.74, 6) is 0. The second-order valence-electron chi connectivity index (χ2n) is 5.97. The maximum Gasteiger partial charge on any atom is 0.495 e. The van der Waals surface area contributed by atoms with E-state index in [-0.39, 0.29) is 11.2 Å². The van der Waals surface area contributed by atoms with E-state index < -0.39 is 7.12 Å². The highest BCUT2D eigenvalue weighted by Crippen LogP contribution is 2.36. The maximum atomic E-state index is 9.04. The molecule has 4 heteroatoms. The lowest BCUT2D eigenvalue weighted by Crippen LogP contribution is -2.41. The Labute approximate surface area is 115 Å². The molecule has 1 saturated heterocycles. The van der Waals surface area contributed by atoms with Crippen LogP contribution in [0.4, 0.5) is 0 Å². The number of nitriles is 1. The summed E-state index contributed by atoms with van der Waals surface area (Å²) in [4.78, 5) is 0. The van der Waals surface area contributed by atoms with Gasteiger partial charge in [-0.15, -0.1) is 0 Å². The van der Waals surface area contributed by atoms with Crippen LogP contribution >= 0.6 is 0 Å². The smallest absolute Gasteiger partial charge is 0.399 e. The van der Waals surface area contributed by atoms with Crippen LogP contribution in [0.1, 0.15) is 45.7 Å². The van der Waals surface area contributed by atoms with Gasteiger partial charge in [0.2, 0.25) is 0 Å². The standard InChI is InChI=1S/C15H20BNO2/c1-6-12-8-7-11(10-17)9-13(12)16-18-14(2,3)15(4,5)19-16/h7-9H,6H2,1-5H3. The molecule has 0 radical (unpaired) electrons. The van der Waals surface area contributed by atoms with Gasteiger partial charge in [0.05, 0.1) is 22.8 Å². The predicted molar refractivity (Wildman–Crippen MR) is 76.3 cm³/mol. The van der Waals surface area contributed by atoms with Crippen molar-refractivity contribution in [3.63, 3.8) is 0 Å². The summed E-state index contributed by atoms with van der Waals surface area (Å²) >= 11 is 0. The van der Waals surface area contributed by atoms with Crippen molar-refractivity contribution in [2.24, 2.45) is 0 Å². The van der Waals surface area contributed by atoms with Crippen molar-refractivity contribution in [2.75, 3.05) is 0 Å². The van der Waals surface area contributed by atoms with Crippen LogP contribution in [-0.2, 0) is 15.7 Å². The van der Waals surface area contributed by atoms with Crippen LogP contribution in [0.5, 0.6) is 0 Å². The topological polar surface area (TPSA) is 42.2 Å². The first-order valence-corrected chi connectivity index (χ1v) is 6.69. The first kappa shape index (κ1) is 14.1. The lowest BCUT2D eigenvalue weighted by Gasteiger charge is -2.32.